The van der Waals surface area contributed by atoms with Gasteiger partial charge in [0.05, 0.1) is 25.0 Å². The Morgan fingerprint density at radius 3 is 2.54 bits per heavy atom. The van der Waals surface area contributed by atoms with E-state index in [0.29, 0.717) is 0 Å². The van der Waals surface area contributed by atoms with Crippen molar-refractivity contribution < 1.29 is 17.9 Å². The summed E-state index contributed by atoms with van der Waals surface area (Å²) in [6, 6.07) is 8.44. The van der Waals surface area contributed by atoms with E-state index >= 15 is 0 Å². The van der Waals surface area contributed by atoms with Crippen molar-refractivity contribution in [2.45, 2.75) is 19.1 Å². The third-order valence-corrected chi connectivity index (χ3v) is 3.71. The Morgan fingerprint density at radius 1 is 1.15 bits per heavy atom. The number of aromatic nitrogens is 4. The van der Waals surface area contributed by atoms with Gasteiger partial charge in [-0.15, -0.1) is 0 Å². The Labute approximate surface area is 147 Å². The number of nitrogens with zero attached hydrogens (tertiary/aromatic N) is 4. The van der Waals surface area contributed by atoms with Gasteiger partial charge in [0.25, 0.3) is 0 Å². The molecular formula is C17H16F3N5O. The molecule has 0 aliphatic carbocycles. The number of nitrogens with one attached hydrogen (secondary N) is 1. The molecule has 3 rings (SSSR count). The van der Waals surface area contributed by atoms with Crippen LogP contribution < -0.4 is 10.1 Å². The number of ether oxygens (including phenoxy) is 1. The molecule has 1 N–H and O–H groups in total. The molecule has 0 spiro atoms. The number of halogens is 3. The molecule has 9 heteroatoms. The van der Waals surface area contributed by atoms with Gasteiger partial charge in [0.2, 0.25) is 5.82 Å². The molecule has 0 bridgehead atoms. The topological polar surface area (TPSA) is 64.9 Å². The van der Waals surface area contributed by atoms with E-state index in [1.54, 1.807) is 24.2 Å². The second kappa shape index (κ2) is 7.03. The molecule has 0 fully saturated rings. The van der Waals surface area contributed by atoms with Crippen LogP contribution in [-0.4, -0.2) is 26.9 Å². The van der Waals surface area contributed by atoms with E-state index in [9.17, 15) is 13.2 Å². The number of anilines is 1. The molecule has 1 atom stereocenters. The lowest BCUT2D eigenvalue weighted by molar-refractivity contribution is -0.144. The fraction of sp³-hybridized carbons (Fsp3) is 0.235. The minimum absolute atomic E-state index is 0.0945. The molecule has 0 amide bonds. The average molecular weight is 363 g/mol. The Kier molecular flexibility index (Phi) is 4.79. The van der Waals surface area contributed by atoms with Gasteiger partial charge in [0, 0.05) is 18.0 Å². The van der Waals surface area contributed by atoms with Crippen molar-refractivity contribution in [2.75, 3.05) is 12.4 Å². The monoisotopic (exact) mass is 363 g/mol. The summed E-state index contributed by atoms with van der Waals surface area (Å²) >= 11 is 0. The number of alkyl halides is 3. The molecule has 6 nitrogen and oxygen atoms in total. The zero-order valence-electron chi connectivity index (χ0n) is 14.0. The molecular weight excluding hydrogens is 347 g/mol. The quantitative estimate of drug-likeness (QED) is 0.746. The van der Waals surface area contributed by atoms with Gasteiger partial charge in [-0.1, -0.05) is 0 Å². The molecule has 0 radical (unpaired) electrons. The van der Waals surface area contributed by atoms with Crippen LogP contribution in [0.5, 0.6) is 5.75 Å². The Hall–Kier alpha value is -3.10. The van der Waals surface area contributed by atoms with Gasteiger partial charge >= 0.3 is 6.18 Å². The second-order valence-corrected chi connectivity index (χ2v) is 5.55. The fourth-order valence-electron chi connectivity index (χ4n) is 2.32. The van der Waals surface area contributed by atoms with Crippen LogP contribution in [0.2, 0.25) is 0 Å². The molecule has 0 aliphatic rings. The maximum absolute atomic E-state index is 12.7. The first-order valence-electron chi connectivity index (χ1n) is 7.72. The van der Waals surface area contributed by atoms with E-state index in [1.807, 2.05) is 31.2 Å². The number of hydrogen-bond acceptors (Lipinski definition) is 5. The van der Waals surface area contributed by atoms with Gasteiger partial charge < -0.3 is 10.1 Å². The Balaban J connectivity index is 1.75. The lowest BCUT2D eigenvalue weighted by Gasteiger charge is -2.13. The smallest absolute Gasteiger partial charge is 0.451 e. The number of rotatable bonds is 5. The van der Waals surface area contributed by atoms with Crippen molar-refractivity contribution in [3.63, 3.8) is 0 Å². The third-order valence-electron chi connectivity index (χ3n) is 3.71. The molecule has 0 saturated carbocycles. The summed E-state index contributed by atoms with van der Waals surface area (Å²) in [4.78, 5) is 6.75. The lowest BCUT2D eigenvalue weighted by atomic mass is 10.2. The summed E-state index contributed by atoms with van der Waals surface area (Å²) < 4.78 is 44.9. The van der Waals surface area contributed by atoms with E-state index in [4.69, 9.17) is 4.74 Å². The first-order chi connectivity index (χ1) is 12.4. The molecule has 0 unspecified atom stereocenters. The van der Waals surface area contributed by atoms with Gasteiger partial charge in [-0.3, -0.25) is 0 Å². The van der Waals surface area contributed by atoms with Crippen LogP contribution >= 0.6 is 0 Å². The van der Waals surface area contributed by atoms with E-state index in [2.05, 4.69) is 20.4 Å². The third kappa shape index (κ3) is 3.93. The van der Waals surface area contributed by atoms with Crippen LogP contribution in [0, 0.1) is 0 Å². The standard InChI is InChI=1S/C17H16F3N5O/c1-11(23-15-7-8-21-16(24-15)17(18,19)20)12-9-22-25(10-12)13-3-5-14(26-2)6-4-13/h3-11H,1-2H3,(H,21,23,24)/t11-/m0/s1. The molecule has 26 heavy (non-hydrogen) atoms. The molecule has 2 heterocycles. The average Bonchev–Trinajstić information content (AvgIpc) is 3.11. The van der Waals surface area contributed by atoms with Crippen LogP contribution in [0.15, 0.2) is 48.9 Å². The summed E-state index contributed by atoms with van der Waals surface area (Å²) in [5.41, 5.74) is 1.64. The van der Waals surface area contributed by atoms with Gasteiger partial charge in [-0.2, -0.15) is 18.3 Å². The highest BCUT2D eigenvalue weighted by Crippen LogP contribution is 2.27. The van der Waals surface area contributed by atoms with Crippen molar-refractivity contribution in [3.05, 3.63) is 60.3 Å². The summed E-state index contributed by atoms with van der Waals surface area (Å²) in [5.74, 6) is -0.346. The van der Waals surface area contributed by atoms with Gasteiger partial charge in [-0.25, -0.2) is 14.6 Å². The van der Waals surface area contributed by atoms with E-state index in [1.165, 1.54) is 6.07 Å². The minimum Gasteiger partial charge on any atom is -0.497 e. The minimum atomic E-state index is -4.58. The first kappa shape index (κ1) is 17.7. The predicted octanol–water partition coefficient (Wildman–Crippen LogP) is 3.86. The summed E-state index contributed by atoms with van der Waals surface area (Å²) in [6.07, 6.45) is -0.0646. The largest absolute Gasteiger partial charge is 0.497 e. The second-order valence-electron chi connectivity index (χ2n) is 5.55. The molecule has 1 aromatic carbocycles. The normalized spacial score (nSPS) is 12.7. The SMILES string of the molecule is COc1ccc(-n2cc([C@H](C)Nc3ccnc(C(F)(F)F)n3)cn2)cc1. The summed E-state index contributed by atoms with van der Waals surface area (Å²) in [5, 5.41) is 7.21. The van der Waals surface area contributed by atoms with E-state index in [-0.39, 0.29) is 11.9 Å². The molecule has 136 valence electrons. The maximum Gasteiger partial charge on any atom is 0.451 e. The number of benzene rings is 1. The highest BCUT2D eigenvalue weighted by molar-refractivity contribution is 5.39. The van der Waals surface area contributed by atoms with Crippen LogP contribution in [0.4, 0.5) is 19.0 Å². The van der Waals surface area contributed by atoms with Crippen molar-refractivity contribution in [1.82, 2.24) is 19.7 Å². The van der Waals surface area contributed by atoms with Crippen LogP contribution in [0.25, 0.3) is 5.69 Å². The summed E-state index contributed by atoms with van der Waals surface area (Å²) in [6.45, 7) is 1.81. The van der Waals surface area contributed by atoms with Crippen molar-refractivity contribution in [1.29, 1.82) is 0 Å². The van der Waals surface area contributed by atoms with Crippen molar-refractivity contribution in [2.24, 2.45) is 0 Å². The highest BCUT2D eigenvalue weighted by atomic mass is 19.4. The number of hydrogen-bond donors (Lipinski definition) is 1. The Bertz CT molecular complexity index is 877. The molecule has 3 aromatic rings. The lowest BCUT2D eigenvalue weighted by Crippen LogP contribution is -2.14. The molecule has 0 saturated heterocycles. The first-order valence-corrected chi connectivity index (χ1v) is 7.72. The van der Waals surface area contributed by atoms with Crippen LogP contribution in [0.1, 0.15) is 24.4 Å². The van der Waals surface area contributed by atoms with E-state index in [0.717, 1.165) is 23.2 Å². The zero-order chi connectivity index (χ0) is 18.7. The van der Waals surface area contributed by atoms with Gasteiger partial charge in [-0.05, 0) is 37.3 Å². The maximum atomic E-state index is 12.7. The zero-order valence-corrected chi connectivity index (χ0v) is 14.0. The summed E-state index contributed by atoms with van der Waals surface area (Å²) in [7, 11) is 1.59. The van der Waals surface area contributed by atoms with Crippen molar-refractivity contribution in [3.8, 4) is 11.4 Å². The highest BCUT2D eigenvalue weighted by Gasteiger charge is 2.34. The molecule has 0 aliphatic heterocycles. The predicted molar refractivity (Wildman–Crippen MR) is 89.2 cm³/mol. The van der Waals surface area contributed by atoms with E-state index < -0.39 is 12.0 Å². The van der Waals surface area contributed by atoms with Crippen LogP contribution in [-0.2, 0) is 6.18 Å². The van der Waals surface area contributed by atoms with Gasteiger partial charge in [0.1, 0.15) is 11.6 Å². The Morgan fingerprint density at radius 2 is 1.88 bits per heavy atom. The van der Waals surface area contributed by atoms with Crippen LogP contribution in [0.3, 0.4) is 0 Å². The number of methoxy groups -OCH3 is 1. The fourth-order valence-corrected chi connectivity index (χ4v) is 2.32. The van der Waals surface area contributed by atoms with Gasteiger partial charge in [0.15, 0.2) is 0 Å². The molecule has 2 aromatic heterocycles. The van der Waals surface area contributed by atoms with Crippen molar-refractivity contribution >= 4 is 5.82 Å².